The molecule has 0 spiro atoms. The molecule has 0 fully saturated rings. The van der Waals surface area contributed by atoms with E-state index in [2.05, 4.69) is 36.7 Å². The molecule has 6 N–H and O–H groups in total. The Morgan fingerprint density at radius 2 is 1.93 bits per heavy atom. The molecular weight excluding hydrogens is 427 g/mol. The lowest BCUT2D eigenvalue weighted by Crippen LogP contribution is -2.33. The largest absolute Gasteiger partial charge is 0.492 e. The van der Waals surface area contributed by atoms with Gasteiger partial charge in [0.1, 0.15) is 12.3 Å². The lowest BCUT2D eigenvalue weighted by atomic mass is 9.97. The molecule has 0 rings (SSSR count). The normalized spacial score (nSPS) is 16.1. The molecule has 0 aromatic heterocycles. The predicted octanol–water partition coefficient (Wildman–Crippen LogP) is 4.36. The number of nitrogens with two attached hydrogens (primary N) is 2. The Hall–Kier alpha value is -1.38. The molecule has 0 aliphatic rings. The maximum absolute atomic E-state index is 13.4. The number of ether oxygens (including phenoxy) is 1. The third-order valence-corrected chi connectivity index (χ3v) is 4.08. The number of hydrazine groups is 1. The lowest BCUT2D eigenvalue weighted by molar-refractivity contribution is 0.166. The molecular formula is C20H38BrFN4O2. The topological polar surface area (TPSA) is 109 Å². The van der Waals surface area contributed by atoms with Crippen LogP contribution in [0.4, 0.5) is 4.39 Å². The van der Waals surface area contributed by atoms with Crippen LogP contribution in [0.25, 0.3) is 0 Å². The third kappa shape index (κ3) is 14.6. The van der Waals surface area contributed by atoms with Gasteiger partial charge in [-0.05, 0) is 17.9 Å². The van der Waals surface area contributed by atoms with Gasteiger partial charge in [0.2, 0.25) is 0 Å². The first kappa shape index (κ1) is 28.8. The van der Waals surface area contributed by atoms with Crippen molar-refractivity contribution >= 4 is 22.1 Å². The summed E-state index contributed by atoms with van der Waals surface area (Å²) < 4.78 is 19.7. The highest BCUT2D eigenvalue weighted by Crippen LogP contribution is 2.20. The molecule has 0 bridgehead atoms. The van der Waals surface area contributed by atoms with Crippen LogP contribution in [0, 0.1) is 10.8 Å². The van der Waals surface area contributed by atoms with Gasteiger partial charge in [0.15, 0.2) is 0 Å². The van der Waals surface area contributed by atoms with Crippen molar-refractivity contribution in [2.24, 2.45) is 17.0 Å². The second-order valence-electron chi connectivity index (χ2n) is 7.29. The molecule has 0 aliphatic heterocycles. The highest BCUT2D eigenvalue weighted by atomic mass is 79.9. The number of rotatable bonds is 11. The van der Waals surface area contributed by atoms with Gasteiger partial charge < -0.3 is 26.0 Å². The van der Waals surface area contributed by atoms with Crippen molar-refractivity contribution in [1.82, 2.24) is 5.01 Å². The van der Waals surface area contributed by atoms with Gasteiger partial charge >= 0.3 is 0 Å². The quantitative estimate of drug-likeness (QED) is 0.157. The van der Waals surface area contributed by atoms with E-state index in [0.717, 1.165) is 0 Å². The first-order valence-electron chi connectivity index (χ1n) is 9.42. The van der Waals surface area contributed by atoms with Gasteiger partial charge in [-0.1, -0.05) is 56.6 Å². The monoisotopic (exact) mass is 464 g/mol. The second-order valence-corrected chi connectivity index (χ2v) is 8.20. The summed E-state index contributed by atoms with van der Waals surface area (Å²) in [6, 6.07) is 0. The van der Waals surface area contributed by atoms with E-state index in [0.29, 0.717) is 29.2 Å². The molecule has 0 aromatic rings. The molecule has 0 amide bonds. The van der Waals surface area contributed by atoms with E-state index in [1.165, 1.54) is 19.4 Å². The second kappa shape index (κ2) is 15.5. The standard InChI is InChI=1S/C18H32BrFN4O2.C2H6/c1-13(25)14(8-15(20)9-21)11-26-17(16(19)10-22)6-5-7-24(23)12-18(2,3)4;1-2/h5,7,9-11,13,15,17,21,25H,6,8,12,22-23H2,1-4H3;1-2H3/b7-5+,14-11-,16-10-,21-9?;. The van der Waals surface area contributed by atoms with Gasteiger partial charge in [-0.25, -0.2) is 10.2 Å². The van der Waals surface area contributed by atoms with Gasteiger partial charge in [-0.15, -0.1) is 0 Å². The SMILES string of the molecule is CC.CC(O)/C(=C\OC(C/C=C/N(N)CC(C)(C)C)/C(Br)=C/N)CC(F)C=N. The third-order valence-electron chi connectivity index (χ3n) is 3.30. The van der Waals surface area contributed by atoms with Crippen molar-refractivity contribution in [1.29, 1.82) is 5.41 Å². The first-order chi connectivity index (χ1) is 13.0. The average Bonchev–Trinajstić information content (AvgIpc) is 2.62. The van der Waals surface area contributed by atoms with Gasteiger partial charge in [-0.3, -0.25) is 0 Å². The van der Waals surface area contributed by atoms with E-state index in [1.807, 2.05) is 19.9 Å². The number of hydrogen-bond acceptors (Lipinski definition) is 6. The Labute approximate surface area is 178 Å². The number of nitrogens with zero attached hydrogens (tertiary/aromatic N) is 1. The Morgan fingerprint density at radius 1 is 1.36 bits per heavy atom. The Balaban J connectivity index is 0. The molecule has 0 aliphatic carbocycles. The summed E-state index contributed by atoms with van der Waals surface area (Å²) in [4.78, 5) is 0. The number of aliphatic hydroxyl groups excluding tert-OH is 1. The summed E-state index contributed by atoms with van der Waals surface area (Å²) in [5.74, 6) is 5.93. The Morgan fingerprint density at radius 3 is 2.36 bits per heavy atom. The number of hydrogen-bond donors (Lipinski definition) is 4. The van der Waals surface area contributed by atoms with Crippen molar-refractivity contribution in [3.05, 3.63) is 34.8 Å². The fourth-order valence-electron chi connectivity index (χ4n) is 2.03. The fourth-order valence-corrected chi connectivity index (χ4v) is 2.33. The predicted molar refractivity (Wildman–Crippen MR) is 120 cm³/mol. The summed E-state index contributed by atoms with van der Waals surface area (Å²) in [6.07, 6.45) is 4.61. The summed E-state index contributed by atoms with van der Waals surface area (Å²) >= 11 is 3.34. The van der Waals surface area contributed by atoms with Crippen molar-refractivity contribution < 1.29 is 14.2 Å². The zero-order valence-corrected chi connectivity index (χ0v) is 19.5. The van der Waals surface area contributed by atoms with E-state index >= 15 is 0 Å². The summed E-state index contributed by atoms with van der Waals surface area (Å²) in [6.45, 7) is 12.5. The van der Waals surface area contributed by atoms with E-state index in [1.54, 1.807) is 11.2 Å². The first-order valence-corrected chi connectivity index (χ1v) is 10.2. The van der Waals surface area contributed by atoms with Crippen LogP contribution in [0.15, 0.2) is 34.8 Å². The molecule has 8 heteroatoms. The molecule has 6 nitrogen and oxygen atoms in total. The van der Waals surface area contributed by atoms with Gasteiger partial charge in [0, 0.05) is 38.0 Å². The zero-order valence-electron chi connectivity index (χ0n) is 18.0. The summed E-state index contributed by atoms with van der Waals surface area (Å²) in [5, 5.41) is 18.3. The number of aliphatic hydroxyl groups is 1. The average molecular weight is 465 g/mol. The van der Waals surface area contributed by atoms with Crippen LogP contribution in [0.1, 0.15) is 54.4 Å². The van der Waals surface area contributed by atoms with Crippen molar-refractivity contribution in [2.75, 3.05) is 6.54 Å². The minimum Gasteiger partial charge on any atom is -0.492 e. The smallest absolute Gasteiger partial charge is 0.138 e. The van der Waals surface area contributed by atoms with Crippen LogP contribution in [-0.4, -0.2) is 41.3 Å². The minimum atomic E-state index is -1.46. The maximum atomic E-state index is 13.4. The van der Waals surface area contributed by atoms with Crippen LogP contribution in [0.2, 0.25) is 0 Å². The lowest BCUT2D eigenvalue weighted by Gasteiger charge is -2.25. The van der Waals surface area contributed by atoms with Crippen molar-refractivity contribution in [3.8, 4) is 0 Å². The number of alkyl halides is 1. The Bertz CT molecular complexity index is 517. The maximum Gasteiger partial charge on any atom is 0.138 e. The van der Waals surface area contributed by atoms with Crippen LogP contribution in [0.5, 0.6) is 0 Å². The molecule has 3 unspecified atom stereocenters. The molecule has 0 saturated carbocycles. The minimum absolute atomic E-state index is 0.0689. The molecule has 3 atom stereocenters. The molecule has 164 valence electrons. The van der Waals surface area contributed by atoms with Crippen molar-refractivity contribution in [3.63, 3.8) is 0 Å². The fraction of sp³-hybridized carbons (Fsp3) is 0.650. The zero-order chi connectivity index (χ0) is 22.3. The van der Waals surface area contributed by atoms with Gasteiger partial charge in [0.05, 0.1) is 16.8 Å². The van der Waals surface area contributed by atoms with Gasteiger partial charge in [0.25, 0.3) is 0 Å². The molecule has 28 heavy (non-hydrogen) atoms. The summed E-state index contributed by atoms with van der Waals surface area (Å²) in [7, 11) is 0. The van der Waals surface area contributed by atoms with E-state index in [-0.39, 0.29) is 11.8 Å². The van der Waals surface area contributed by atoms with E-state index in [4.69, 9.17) is 21.7 Å². The number of nitrogens with one attached hydrogen (secondary N) is 1. The Kier molecular flexibility index (Phi) is 16.0. The van der Waals surface area contributed by atoms with Crippen LogP contribution in [-0.2, 0) is 4.74 Å². The molecule has 0 heterocycles. The van der Waals surface area contributed by atoms with Crippen LogP contribution < -0.4 is 11.6 Å². The summed E-state index contributed by atoms with van der Waals surface area (Å²) in [5.41, 5.74) is 5.98. The van der Waals surface area contributed by atoms with Crippen molar-refractivity contribution in [2.45, 2.75) is 72.8 Å². The molecule has 0 radical (unpaired) electrons. The van der Waals surface area contributed by atoms with Crippen LogP contribution in [0.3, 0.4) is 0 Å². The van der Waals surface area contributed by atoms with E-state index < -0.39 is 18.4 Å². The highest BCUT2D eigenvalue weighted by Gasteiger charge is 2.16. The van der Waals surface area contributed by atoms with E-state index in [9.17, 15) is 9.50 Å². The highest BCUT2D eigenvalue weighted by molar-refractivity contribution is 9.11. The van der Waals surface area contributed by atoms with Crippen LogP contribution >= 0.6 is 15.9 Å². The number of halogens is 2. The molecule has 0 saturated heterocycles. The van der Waals surface area contributed by atoms with Gasteiger partial charge in [-0.2, -0.15) is 0 Å². The molecule has 0 aromatic carbocycles.